The highest BCUT2D eigenvalue weighted by molar-refractivity contribution is 14.1. The van der Waals surface area contributed by atoms with E-state index in [1.54, 1.807) is 12.1 Å². The van der Waals surface area contributed by atoms with Gasteiger partial charge in [-0.15, -0.1) is 11.8 Å². The van der Waals surface area contributed by atoms with Gasteiger partial charge in [0, 0.05) is 19.7 Å². The van der Waals surface area contributed by atoms with E-state index in [1.165, 1.54) is 11.8 Å². The van der Waals surface area contributed by atoms with E-state index >= 15 is 0 Å². The molecule has 22 heavy (non-hydrogen) atoms. The maximum atomic E-state index is 12.4. The zero-order valence-corrected chi connectivity index (χ0v) is 14.7. The first kappa shape index (κ1) is 15.4. The highest BCUT2D eigenvalue weighted by Crippen LogP contribution is 2.32. The molecular formula is C16H13IN2O2S. The van der Waals surface area contributed by atoms with Crippen LogP contribution in [0.1, 0.15) is 15.9 Å². The van der Waals surface area contributed by atoms with E-state index in [4.69, 9.17) is 0 Å². The lowest BCUT2D eigenvalue weighted by Gasteiger charge is -2.17. The van der Waals surface area contributed by atoms with Gasteiger partial charge in [-0.1, -0.05) is 0 Å². The van der Waals surface area contributed by atoms with Crippen molar-refractivity contribution < 1.29 is 9.59 Å². The average Bonchev–Trinajstić information content (AvgIpc) is 2.49. The fourth-order valence-corrected chi connectivity index (χ4v) is 3.62. The van der Waals surface area contributed by atoms with Crippen molar-refractivity contribution in [1.82, 2.24) is 0 Å². The molecule has 3 rings (SSSR count). The van der Waals surface area contributed by atoms with E-state index in [9.17, 15) is 9.59 Å². The molecule has 2 N–H and O–H groups in total. The molecule has 0 unspecified atom stereocenters. The highest BCUT2D eigenvalue weighted by Gasteiger charge is 2.17. The summed E-state index contributed by atoms with van der Waals surface area (Å²) in [4.78, 5) is 24.8. The van der Waals surface area contributed by atoms with Gasteiger partial charge in [-0.3, -0.25) is 9.59 Å². The molecule has 0 saturated heterocycles. The Labute approximate surface area is 146 Å². The van der Waals surface area contributed by atoms with Crippen molar-refractivity contribution in [2.24, 2.45) is 0 Å². The van der Waals surface area contributed by atoms with Gasteiger partial charge in [0.05, 0.1) is 11.4 Å². The van der Waals surface area contributed by atoms with Gasteiger partial charge in [0.1, 0.15) is 0 Å². The van der Waals surface area contributed by atoms with Gasteiger partial charge in [0.2, 0.25) is 5.91 Å². The molecule has 0 radical (unpaired) electrons. The fourth-order valence-electron chi connectivity index (χ4n) is 2.19. The number of aryl methyl sites for hydroxylation is 1. The minimum absolute atomic E-state index is 0.0384. The normalized spacial score (nSPS) is 13.3. The lowest BCUT2D eigenvalue weighted by Crippen LogP contribution is -2.20. The van der Waals surface area contributed by atoms with Crippen molar-refractivity contribution in [2.45, 2.75) is 11.8 Å². The summed E-state index contributed by atoms with van der Waals surface area (Å²) in [7, 11) is 0. The lowest BCUT2D eigenvalue weighted by atomic mass is 10.1. The molecule has 0 aliphatic carbocycles. The number of carbonyl (C=O) groups excluding carboxylic acids is 2. The molecule has 0 saturated carbocycles. The predicted octanol–water partition coefficient (Wildman–Crippen LogP) is 3.90. The Balaban J connectivity index is 1.83. The Morgan fingerprint density at radius 1 is 1.27 bits per heavy atom. The summed E-state index contributed by atoms with van der Waals surface area (Å²) >= 11 is 3.72. The number of fused-ring (bicyclic) bond motifs is 1. The Morgan fingerprint density at radius 3 is 2.86 bits per heavy atom. The van der Waals surface area contributed by atoms with Crippen molar-refractivity contribution in [3.8, 4) is 0 Å². The summed E-state index contributed by atoms with van der Waals surface area (Å²) in [6.45, 7) is 1.96. The number of nitrogens with one attached hydrogen (secondary N) is 2. The number of benzene rings is 2. The molecule has 0 fully saturated rings. The van der Waals surface area contributed by atoms with Crippen LogP contribution >= 0.6 is 34.4 Å². The van der Waals surface area contributed by atoms with Gasteiger partial charge in [0.15, 0.2) is 0 Å². The van der Waals surface area contributed by atoms with Gasteiger partial charge < -0.3 is 10.6 Å². The molecule has 2 amide bonds. The molecule has 1 aliphatic heterocycles. The number of hydrogen-bond donors (Lipinski definition) is 2. The number of carbonyl (C=O) groups is 2. The molecule has 2 aromatic rings. The van der Waals surface area contributed by atoms with E-state index in [0.29, 0.717) is 17.0 Å². The standard InChI is InChI=1S/C16H13IN2O2S/c1-9-6-11(17)3-4-12(9)19-16(21)10-2-5-14-13(7-10)18-15(20)8-22-14/h2-7H,8H2,1H3,(H,18,20)(H,19,21). The summed E-state index contributed by atoms with van der Waals surface area (Å²) in [5.74, 6) is 0.195. The number of rotatable bonds is 2. The van der Waals surface area contributed by atoms with Crippen LogP contribution in [0, 0.1) is 10.5 Å². The molecule has 0 atom stereocenters. The van der Waals surface area contributed by atoms with Crippen LogP contribution in [0.5, 0.6) is 0 Å². The summed E-state index contributed by atoms with van der Waals surface area (Å²) in [6.07, 6.45) is 0. The molecule has 0 spiro atoms. The quantitative estimate of drug-likeness (QED) is 0.720. The van der Waals surface area contributed by atoms with Crippen LogP contribution < -0.4 is 10.6 Å². The van der Waals surface area contributed by atoms with E-state index in [2.05, 4.69) is 33.2 Å². The molecule has 0 aromatic heterocycles. The number of thioether (sulfide) groups is 1. The zero-order valence-electron chi connectivity index (χ0n) is 11.8. The van der Waals surface area contributed by atoms with Crippen LogP contribution in [0.25, 0.3) is 0 Å². The van der Waals surface area contributed by atoms with E-state index < -0.39 is 0 Å². The largest absolute Gasteiger partial charge is 0.324 e. The molecule has 1 aliphatic rings. The zero-order chi connectivity index (χ0) is 15.7. The maximum Gasteiger partial charge on any atom is 0.255 e. The second-order valence-electron chi connectivity index (χ2n) is 4.96. The molecule has 1 heterocycles. The SMILES string of the molecule is Cc1cc(I)ccc1NC(=O)c1ccc2c(c1)NC(=O)CS2. The maximum absolute atomic E-state index is 12.4. The van der Waals surface area contributed by atoms with Crippen LogP contribution in [-0.2, 0) is 4.79 Å². The minimum atomic E-state index is -0.183. The van der Waals surface area contributed by atoms with Crippen LogP contribution in [-0.4, -0.2) is 17.6 Å². The third kappa shape index (κ3) is 3.27. The average molecular weight is 424 g/mol. The molecule has 2 aromatic carbocycles. The lowest BCUT2D eigenvalue weighted by molar-refractivity contribution is -0.113. The Bertz CT molecular complexity index is 777. The number of halogens is 1. The first-order valence-electron chi connectivity index (χ1n) is 6.67. The fraction of sp³-hybridized carbons (Fsp3) is 0.125. The third-order valence-corrected chi connectivity index (χ3v) is 5.06. The molecule has 4 nitrogen and oxygen atoms in total. The smallest absolute Gasteiger partial charge is 0.255 e. The van der Waals surface area contributed by atoms with Gasteiger partial charge >= 0.3 is 0 Å². The molecule has 112 valence electrons. The number of amides is 2. The van der Waals surface area contributed by atoms with Crippen LogP contribution in [0.4, 0.5) is 11.4 Å². The van der Waals surface area contributed by atoms with Gasteiger partial charge in [-0.25, -0.2) is 0 Å². The van der Waals surface area contributed by atoms with E-state index in [0.717, 1.165) is 19.7 Å². The van der Waals surface area contributed by atoms with E-state index in [1.807, 2.05) is 31.2 Å². The summed E-state index contributed by atoms with van der Waals surface area (Å²) in [5, 5.41) is 5.71. The van der Waals surface area contributed by atoms with Crippen molar-refractivity contribution in [2.75, 3.05) is 16.4 Å². The minimum Gasteiger partial charge on any atom is -0.324 e. The molecular weight excluding hydrogens is 411 g/mol. The number of hydrogen-bond acceptors (Lipinski definition) is 3. The second-order valence-corrected chi connectivity index (χ2v) is 7.22. The molecule has 0 bridgehead atoms. The van der Waals surface area contributed by atoms with Gasteiger partial charge in [0.25, 0.3) is 5.91 Å². The van der Waals surface area contributed by atoms with Crippen LogP contribution in [0.2, 0.25) is 0 Å². The van der Waals surface area contributed by atoms with Crippen molar-refractivity contribution in [1.29, 1.82) is 0 Å². The predicted molar refractivity (Wildman–Crippen MR) is 97.6 cm³/mol. The number of anilines is 2. The monoisotopic (exact) mass is 424 g/mol. The third-order valence-electron chi connectivity index (χ3n) is 3.31. The Hall–Kier alpha value is -1.54. The van der Waals surface area contributed by atoms with Gasteiger partial charge in [-0.05, 0) is 71.5 Å². The summed E-state index contributed by atoms with van der Waals surface area (Å²) in [5.41, 5.74) is 3.04. The Kier molecular flexibility index (Phi) is 4.39. The Morgan fingerprint density at radius 2 is 2.09 bits per heavy atom. The van der Waals surface area contributed by atoms with Crippen LogP contribution in [0.15, 0.2) is 41.3 Å². The summed E-state index contributed by atoms with van der Waals surface area (Å²) < 4.78 is 1.13. The summed E-state index contributed by atoms with van der Waals surface area (Å²) in [6, 6.07) is 11.2. The second kappa shape index (κ2) is 6.29. The van der Waals surface area contributed by atoms with E-state index in [-0.39, 0.29) is 11.8 Å². The highest BCUT2D eigenvalue weighted by atomic mass is 127. The molecule has 6 heteroatoms. The van der Waals surface area contributed by atoms with Gasteiger partial charge in [-0.2, -0.15) is 0 Å². The van der Waals surface area contributed by atoms with Crippen molar-refractivity contribution >= 4 is 57.5 Å². The first-order valence-corrected chi connectivity index (χ1v) is 8.73. The topological polar surface area (TPSA) is 58.2 Å². The van der Waals surface area contributed by atoms with Crippen molar-refractivity contribution in [3.05, 3.63) is 51.1 Å². The first-order chi connectivity index (χ1) is 10.5. The van der Waals surface area contributed by atoms with Crippen molar-refractivity contribution in [3.63, 3.8) is 0 Å². The van der Waals surface area contributed by atoms with Crippen LogP contribution in [0.3, 0.4) is 0 Å².